The van der Waals surface area contributed by atoms with E-state index >= 15 is 0 Å². The van der Waals surface area contributed by atoms with Crippen molar-refractivity contribution in [2.45, 2.75) is 77.7 Å². The van der Waals surface area contributed by atoms with Gasteiger partial charge in [0.1, 0.15) is 11.4 Å². The van der Waals surface area contributed by atoms with Gasteiger partial charge in [-0.05, 0) is 68.6 Å². The number of ether oxygens (including phenoxy) is 1. The average Bonchev–Trinajstić information content (AvgIpc) is 2.47. The van der Waals surface area contributed by atoms with Crippen LogP contribution in [-0.4, -0.2) is 17.4 Å². The van der Waals surface area contributed by atoms with Crippen LogP contribution in [0.15, 0.2) is 0 Å². The SMILES string of the molecule is CC1CC2(C)C(CCC3C4CCC(=O)OC4(C)CCC32)CC1=O. The number of carbonyl (C=O) groups is 2. The van der Waals surface area contributed by atoms with Gasteiger partial charge < -0.3 is 4.74 Å². The molecule has 3 nitrogen and oxygen atoms in total. The molecule has 4 aliphatic rings. The van der Waals surface area contributed by atoms with Gasteiger partial charge in [-0.1, -0.05) is 13.8 Å². The van der Waals surface area contributed by atoms with Crippen LogP contribution in [0.1, 0.15) is 72.1 Å². The lowest BCUT2D eigenvalue weighted by atomic mass is 9.45. The second-order valence-corrected chi connectivity index (χ2v) is 9.30. The zero-order chi connectivity index (χ0) is 16.4. The Bertz CT molecular complexity index is 541. The molecule has 0 aromatic heterocycles. The topological polar surface area (TPSA) is 43.4 Å². The van der Waals surface area contributed by atoms with Crippen LogP contribution in [0.25, 0.3) is 0 Å². The molecule has 0 spiro atoms. The van der Waals surface area contributed by atoms with Gasteiger partial charge in [0.05, 0.1) is 0 Å². The third-order valence-corrected chi connectivity index (χ3v) is 8.15. The lowest BCUT2D eigenvalue weighted by molar-refractivity contribution is -0.203. The minimum Gasteiger partial charge on any atom is -0.459 e. The normalized spacial score (nSPS) is 52.9. The van der Waals surface area contributed by atoms with Gasteiger partial charge in [0.2, 0.25) is 0 Å². The van der Waals surface area contributed by atoms with E-state index in [-0.39, 0.29) is 17.5 Å². The van der Waals surface area contributed by atoms with Crippen molar-refractivity contribution >= 4 is 11.8 Å². The lowest BCUT2D eigenvalue weighted by Gasteiger charge is -2.61. The molecule has 7 atom stereocenters. The zero-order valence-electron chi connectivity index (χ0n) is 14.8. The van der Waals surface area contributed by atoms with Gasteiger partial charge in [0, 0.05) is 24.7 Å². The number of ketones is 1. The highest BCUT2D eigenvalue weighted by atomic mass is 16.6. The molecule has 7 unspecified atom stereocenters. The summed E-state index contributed by atoms with van der Waals surface area (Å²) in [6.07, 6.45) is 8.07. The van der Waals surface area contributed by atoms with Crippen molar-refractivity contribution in [3.8, 4) is 0 Å². The number of Topliss-reactive ketones (excluding diaryl/α,β-unsaturated/α-hetero) is 1. The Morgan fingerprint density at radius 3 is 2.61 bits per heavy atom. The molecule has 4 fully saturated rings. The fourth-order valence-electron chi connectivity index (χ4n) is 6.92. The van der Waals surface area contributed by atoms with E-state index in [0.717, 1.165) is 25.7 Å². The molecule has 0 bridgehead atoms. The number of esters is 1. The van der Waals surface area contributed by atoms with Gasteiger partial charge in [0.15, 0.2) is 0 Å². The molecule has 3 saturated carbocycles. The van der Waals surface area contributed by atoms with Crippen molar-refractivity contribution in [2.24, 2.45) is 35.0 Å². The van der Waals surface area contributed by atoms with E-state index in [1.807, 2.05) is 0 Å². The summed E-state index contributed by atoms with van der Waals surface area (Å²) in [5, 5.41) is 0. The molecule has 23 heavy (non-hydrogen) atoms. The summed E-state index contributed by atoms with van der Waals surface area (Å²) in [6, 6.07) is 0. The molecule has 0 aromatic rings. The molecule has 1 aliphatic heterocycles. The number of fused-ring (bicyclic) bond motifs is 5. The molecule has 0 N–H and O–H groups in total. The van der Waals surface area contributed by atoms with Crippen molar-refractivity contribution < 1.29 is 14.3 Å². The first kappa shape index (κ1) is 15.7. The van der Waals surface area contributed by atoms with Gasteiger partial charge in [-0.15, -0.1) is 0 Å². The third kappa shape index (κ3) is 2.21. The molecule has 1 saturated heterocycles. The fraction of sp³-hybridized carbons (Fsp3) is 0.900. The maximum absolute atomic E-state index is 12.2. The van der Waals surface area contributed by atoms with E-state index in [4.69, 9.17) is 4.74 Å². The molecule has 0 amide bonds. The summed E-state index contributed by atoms with van der Waals surface area (Å²) in [6.45, 7) is 6.77. The minimum absolute atomic E-state index is 0.000942. The van der Waals surface area contributed by atoms with Crippen LogP contribution < -0.4 is 0 Å². The summed E-state index contributed by atoms with van der Waals surface area (Å²) in [7, 11) is 0. The van der Waals surface area contributed by atoms with E-state index in [9.17, 15) is 9.59 Å². The summed E-state index contributed by atoms with van der Waals surface area (Å²) in [5.41, 5.74) is 0.0921. The Balaban J connectivity index is 1.63. The Morgan fingerprint density at radius 2 is 1.83 bits per heavy atom. The van der Waals surface area contributed by atoms with E-state index in [1.54, 1.807) is 0 Å². The van der Waals surface area contributed by atoms with Crippen molar-refractivity contribution in [3.05, 3.63) is 0 Å². The molecule has 1 heterocycles. The van der Waals surface area contributed by atoms with Crippen LogP contribution in [0.5, 0.6) is 0 Å². The zero-order valence-corrected chi connectivity index (χ0v) is 14.8. The predicted octanol–water partition coefficient (Wildman–Crippen LogP) is 4.14. The van der Waals surface area contributed by atoms with Crippen LogP contribution >= 0.6 is 0 Å². The first-order valence-electron chi connectivity index (χ1n) is 9.58. The maximum atomic E-state index is 12.2. The van der Waals surface area contributed by atoms with E-state index in [0.29, 0.717) is 41.3 Å². The molecule has 4 rings (SSSR count). The minimum atomic E-state index is -0.226. The van der Waals surface area contributed by atoms with Crippen LogP contribution in [0.4, 0.5) is 0 Å². The summed E-state index contributed by atoms with van der Waals surface area (Å²) < 4.78 is 5.84. The van der Waals surface area contributed by atoms with Crippen LogP contribution in [0.3, 0.4) is 0 Å². The number of rotatable bonds is 0. The highest BCUT2D eigenvalue weighted by molar-refractivity contribution is 5.82. The number of hydrogen-bond acceptors (Lipinski definition) is 3. The lowest BCUT2D eigenvalue weighted by Crippen LogP contribution is -2.59. The first-order chi connectivity index (χ1) is 10.8. The molecule has 0 radical (unpaired) electrons. The molecular weight excluding hydrogens is 288 g/mol. The van der Waals surface area contributed by atoms with Gasteiger partial charge in [-0.3, -0.25) is 9.59 Å². The fourth-order valence-corrected chi connectivity index (χ4v) is 6.92. The summed E-state index contributed by atoms with van der Waals surface area (Å²) >= 11 is 0. The first-order valence-corrected chi connectivity index (χ1v) is 9.58. The van der Waals surface area contributed by atoms with E-state index in [2.05, 4.69) is 20.8 Å². The number of carbonyl (C=O) groups excluding carboxylic acids is 2. The molecule has 3 heteroatoms. The van der Waals surface area contributed by atoms with Gasteiger partial charge in [0.25, 0.3) is 0 Å². The molecule has 128 valence electrons. The highest BCUT2D eigenvalue weighted by Gasteiger charge is 2.59. The Hall–Kier alpha value is -0.860. The van der Waals surface area contributed by atoms with Crippen LogP contribution in [0, 0.1) is 35.0 Å². The van der Waals surface area contributed by atoms with E-state index in [1.165, 1.54) is 19.3 Å². The summed E-state index contributed by atoms with van der Waals surface area (Å²) in [5.74, 6) is 3.23. The van der Waals surface area contributed by atoms with Crippen LogP contribution in [-0.2, 0) is 14.3 Å². The van der Waals surface area contributed by atoms with E-state index < -0.39 is 0 Å². The largest absolute Gasteiger partial charge is 0.459 e. The van der Waals surface area contributed by atoms with Crippen molar-refractivity contribution in [2.75, 3.05) is 0 Å². The van der Waals surface area contributed by atoms with Crippen LogP contribution in [0.2, 0.25) is 0 Å². The van der Waals surface area contributed by atoms with Gasteiger partial charge in [-0.25, -0.2) is 0 Å². The maximum Gasteiger partial charge on any atom is 0.306 e. The Kier molecular flexibility index (Phi) is 3.45. The van der Waals surface area contributed by atoms with Gasteiger partial charge in [-0.2, -0.15) is 0 Å². The monoisotopic (exact) mass is 318 g/mol. The van der Waals surface area contributed by atoms with Crippen molar-refractivity contribution in [1.82, 2.24) is 0 Å². The standard InChI is InChI=1S/C20H30O3/c1-12-11-19(2)13(10-17(12)21)4-5-14-15(19)8-9-20(3)16(14)6-7-18(22)23-20/h12-16H,4-11H2,1-3H3. The molecular formula is C20H30O3. The second kappa shape index (κ2) is 5.07. The predicted molar refractivity (Wildman–Crippen MR) is 87.7 cm³/mol. The Morgan fingerprint density at radius 1 is 1.04 bits per heavy atom. The smallest absolute Gasteiger partial charge is 0.306 e. The molecule has 3 aliphatic carbocycles. The number of hydrogen-bond donors (Lipinski definition) is 0. The Labute approximate surface area is 139 Å². The summed E-state index contributed by atoms with van der Waals surface area (Å²) in [4.78, 5) is 24.0. The highest BCUT2D eigenvalue weighted by Crippen LogP contribution is 2.63. The average molecular weight is 318 g/mol. The molecule has 0 aromatic carbocycles. The third-order valence-electron chi connectivity index (χ3n) is 8.15. The van der Waals surface area contributed by atoms with Crippen molar-refractivity contribution in [1.29, 1.82) is 0 Å². The van der Waals surface area contributed by atoms with Gasteiger partial charge >= 0.3 is 5.97 Å². The quantitative estimate of drug-likeness (QED) is 0.630. The van der Waals surface area contributed by atoms with Crippen molar-refractivity contribution in [3.63, 3.8) is 0 Å². The second-order valence-electron chi connectivity index (χ2n) is 9.30.